The van der Waals surface area contributed by atoms with Gasteiger partial charge in [0.2, 0.25) is 0 Å². The summed E-state index contributed by atoms with van der Waals surface area (Å²) in [5.74, 6) is 1.68. The summed E-state index contributed by atoms with van der Waals surface area (Å²) in [6.07, 6.45) is 5.17. The molecule has 7 nitrogen and oxygen atoms in total. The van der Waals surface area contributed by atoms with Crippen molar-refractivity contribution in [2.24, 2.45) is 4.99 Å². The fourth-order valence-corrected chi connectivity index (χ4v) is 5.09. The topological polar surface area (TPSA) is 74.7 Å². The first-order chi connectivity index (χ1) is 18.3. The third kappa shape index (κ3) is 4.98. The van der Waals surface area contributed by atoms with E-state index < -0.39 is 0 Å². The van der Waals surface area contributed by atoms with Crippen LogP contribution in [0.5, 0.6) is 0 Å². The number of morpholine rings is 1. The zero-order chi connectivity index (χ0) is 25.0. The molecule has 2 aliphatic heterocycles. The monoisotopic (exact) mass is 492 g/mol. The van der Waals surface area contributed by atoms with Crippen LogP contribution >= 0.6 is 0 Å². The van der Waals surface area contributed by atoms with Gasteiger partial charge in [0, 0.05) is 67.5 Å². The van der Waals surface area contributed by atoms with Crippen molar-refractivity contribution in [2.75, 3.05) is 51.3 Å². The molecule has 0 bridgehead atoms. The number of aliphatic imine (C=N–C) groups is 1. The molecule has 6 rings (SSSR count). The van der Waals surface area contributed by atoms with Crippen molar-refractivity contribution in [2.45, 2.75) is 13.0 Å². The lowest BCUT2D eigenvalue weighted by Crippen LogP contribution is -2.37. The molecule has 2 N–H and O–H groups in total. The molecule has 1 fully saturated rings. The Morgan fingerprint density at radius 2 is 1.86 bits per heavy atom. The van der Waals surface area contributed by atoms with Gasteiger partial charge in [0.25, 0.3) is 0 Å². The van der Waals surface area contributed by atoms with Crippen molar-refractivity contribution >= 4 is 28.4 Å². The molecule has 0 radical (unpaired) electrons. The third-order valence-electron chi connectivity index (χ3n) is 6.97. The summed E-state index contributed by atoms with van der Waals surface area (Å²) in [6.45, 7) is 5.75. The quantitative estimate of drug-likeness (QED) is 0.458. The highest BCUT2D eigenvalue weighted by Gasteiger charge is 2.27. The van der Waals surface area contributed by atoms with Gasteiger partial charge in [0.05, 0.1) is 30.3 Å². The lowest BCUT2D eigenvalue weighted by molar-refractivity contribution is 0.122. The molecule has 3 heterocycles. The molecule has 188 valence electrons. The molecule has 2 aromatic carbocycles. The van der Waals surface area contributed by atoms with Crippen LogP contribution in [0, 0.1) is 0 Å². The molecule has 37 heavy (non-hydrogen) atoms. The number of nitrogens with one attached hydrogen (secondary N) is 2. The van der Waals surface area contributed by atoms with Gasteiger partial charge in [-0.05, 0) is 24.7 Å². The number of allylic oxidation sites excluding steroid dienone is 4. The molecule has 1 aliphatic carbocycles. The molecule has 3 aliphatic rings. The van der Waals surface area contributed by atoms with E-state index in [1.165, 1.54) is 5.56 Å². The van der Waals surface area contributed by atoms with E-state index in [9.17, 15) is 0 Å². The Balaban J connectivity index is 1.43. The van der Waals surface area contributed by atoms with Crippen LogP contribution in [0.1, 0.15) is 23.4 Å². The Morgan fingerprint density at radius 1 is 0.973 bits per heavy atom. The van der Waals surface area contributed by atoms with Crippen LogP contribution in [0.4, 0.5) is 11.5 Å². The van der Waals surface area contributed by atoms with Gasteiger partial charge in [-0.2, -0.15) is 0 Å². The first kappa shape index (κ1) is 23.7. The van der Waals surface area contributed by atoms with Gasteiger partial charge in [-0.3, -0.25) is 4.99 Å². The van der Waals surface area contributed by atoms with Crippen LogP contribution < -0.4 is 15.5 Å². The molecule has 0 amide bonds. The number of aromatic nitrogens is 2. The zero-order valence-corrected chi connectivity index (χ0v) is 21.2. The van der Waals surface area contributed by atoms with Gasteiger partial charge in [0.1, 0.15) is 5.82 Å². The number of fused-ring (bicyclic) bond motifs is 3. The molecule has 0 spiro atoms. The molecule has 7 heteroatoms. The second-order valence-electron chi connectivity index (χ2n) is 9.49. The van der Waals surface area contributed by atoms with Gasteiger partial charge in [-0.25, -0.2) is 9.97 Å². The zero-order valence-electron chi connectivity index (χ0n) is 21.2. The molecule has 0 unspecified atom stereocenters. The normalized spacial score (nSPS) is 16.6. The summed E-state index contributed by atoms with van der Waals surface area (Å²) in [6, 6.07) is 19.1. The summed E-state index contributed by atoms with van der Waals surface area (Å²) in [5.41, 5.74) is 8.74. The predicted molar refractivity (Wildman–Crippen MR) is 150 cm³/mol. The fraction of sp³-hybridized carbons (Fsp3) is 0.300. The van der Waals surface area contributed by atoms with E-state index in [-0.39, 0.29) is 0 Å². The number of hydrogen-bond acceptors (Lipinski definition) is 7. The molecular weight excluding hydrogens is 460 g/mol. The van der Waals surface area contributed by atoms with Crippen LogP contribution in [-0.2, 0) is 11.3 Å². The lowest BCUT2D eigenvalue weighted by atomic mass is 9.91. The number of anilines is 1. The van der Waals surface area contributed by atoms with E-state index in [2.05, 4.69) is 76.2 Å². The molecule has 1 saturated heterocycles. The Labute approximate surface area is 218 Å². The number of para-hydroxylation sites is 1. The first-order valence-electron chi connectivity index (χ1n) is 13.0. The Kier molecular flexibility index (Phi) is 6.90. The Bertz CT molecular complexity index is 1390. The van der Waals surface area contributed by atoms with Crippen LogP contribution in [-0.4, -0.2) is 62.1 Å². The minimum absolute atomic E-state index is 0.709. The Morgan fingerprint density at radius 3 is 2.76 bits per heavy atom. The van der Waals surface area contributed by atoms with Gasteiger partial charge >= 0.3 is 0 Å². The van der Waals surface area contributed by atoms with Crippen molar-refractivity contribution in [1.82, 2.24) is 20.6 Å². The highest BCUT2D eigenvalue weighted by atomic mass is 16.5. The maximum Gasteiger partial charge on any atom is 0.162 e. The molecule has 0 saturated carbocycles. The predicted octanol–water partition coefficient (Wildman–Crippen LogP) is 4.25. The highest BCUT2D eigenvalue weighted by molar-refractivity contribution is 6.36. The third-order valence-corrected chi connectivity index (χ3v) is 6.97. The van der Waals surface area contributed by atoms with Gasteiger partial charge in [-0.1, -0.05) is 48.6 Å². The van der Waals surface area contributed by atoms with E-state index in [1.54, 1.807) is 0 Å². The van der Waals surface area contributed by atoms with Crippen LogP contribution in [0.2, 0.25) is 0 Å². The number of rotatable bonds is 8. The average Bonchev–Trinajstić information content (AvgIpc) is 3.35. The number of nitrogens with zero attached hydrogens (tertiary/aromatic N) is 4. The summed E-state index contributed by atoms with van der Waals surface area (Å²) >= 11 is 0. The Hall–Kier alpha value is -3.65. The minimum atomic E-state index is 0.709. The summed E-state index contributed by atoms with van der Waals surface area (Å²) in [5, 5.41) is 6.67. The number of benzene rings is 2. The number of hydrogen-bond donors (Lipinski definition) is 2. The van der Waals surface area contributed by atoms with Crippen LogP contribution in [0.3, 0.4) is 0 Å². The van der Waals surface area contributed by atoms with E-state index in [0.29, 0.717) is 13.2 Å². The average molecular weight is 493 g/mol. The van der Waals surface area contributed by atoms with E-state index >= 15 is 0 Å². The molecular formula is C30H32N6O. The van der Waals surface area contributed by atoms with E-state index in [4.69, 9.17) is 19.7 Å². The van der Waals surface area contributed by atoms with Gasteiger partial charge in [-0.15, -0.1) is 0 Å². The van der Waals surface area contributed by atoms with Crippen LogP contribution in [0.25, 0.3) is 22.4 Å². The maximum atomic E-state index is 5.62. The van der Waals surface area contributed by atoms with E-state index in [1.807, 2.05) is 13.1 Å². The molecule has 3 aromatic rings. The smallest absolute Gasteiger partial charge is 0.162 e. The minimum Gasteiger partial charge on any atom is -0.378 e. The first-order valence-corrected chi connectivity index (χ1v) is 13.0. The second-order valence-corrected chi connectivity index (χ2v) is 9.49. The van der Waals surface area contributed by atoms with Crippen molar-refractivity contribution in [3.05, 3.63) is 83.7 Å². The van der Waals surface area contributed by atoms with Crippen LogP contribution in [0.15, 0.2) is 71.7 Å². The van der Waals surface area contributed by atoms with Crippen molar-refractivity contribution in [1.29, 1.82) is 0 Å². The molecule has 0 atom stereocenters. The fourth-order valence-electron chi connectivity index (χ4n) is 5.09. The number of ether oxygens (including phenoxy) is 1. The number of likely N-dealkylation sites (N-methyl/N-ethyl adjacent to an activating group) is 1. The van der Waals surface area contributed by atoms with Gasteiger partial charge in [0.15, 0.2) is 5.82 Å². The maximum absolute atomic E-state index is 5.62. The van der Waals surface area contributed by atoms with Gasteiger partial charge < -0.3 is 20.3 Å². The summed E-state index contributed by atoms with van der Waals surface area (Å²) in [7, 11) is 1.97. The van der Waals surface area contributed by atoms with E-state index in [0.717, 1.165) is 90.2 Å². The largest absolute Gasteiger partial charge is 0.378 e. The standard InChI is InChI=1S/C30H32N6O/c1-31-12-13-32-20-21-6-4-7-22(18-21)27-19-28(36-14-16-37-17-15-36)35-30(34-27)24-9-5-11-26-29(24)23-8-2-3-10-25(23)33-26/h2-10,18-19,31-32H,11-17,20H2,1H3. The highest BCUT2D eigenvalue weighted by Crippen LogP contribution is 2.42. The summed E-state index contributed by atoms with van der Waals surface area (Å²) in [4.78, 5) is 17.5. The van der Waals surface area contributed by atoms with Crippen molar-refractivity contribution in [3.8, 4) is 11.3 Å². The summed E-state index contributed by atoms with van der Waals surface area (Å²) < 4.78 is 5.62. The second kappa shape index (κ2) is 10.8. The van der Waals surface area contributed by atoms with Crippen molar-refractivity contribution < 1.29 is 4.74 Å². The molecule has 1 aromatic heterocycles. The SMILES string of the molecule is CNCCNCc1cccc(-c2cc(N3CCOCC3)nc(C3=C4C(=Nc5ccccc54)CC=C3)n2)c1. The van der Waals surface area contributed by atoms with Crippen molar-refractivity contribution in [3.63, 3.8) is 0 Å². The lowest BCUT2D eigenvalue weighted by Gasteiger charge is -2.28.